The number of hydrogen-bond acceptors (Lipinski definition) is 4. The molecule has 0 heterocycles. The van der Waals surface area contributed by atoms with Crippen LogP contribution in [0, 0.1) is 11.3 Å². The van der Waals surface area contributed by atoms with Crippen molar-refractivity contribution in [2.75, 3.05) is 6.54 Å². The number of esters is 1. The molecule has 4 aliphatic rings. The van der Waals surface area contributed by atoms with Gasteiger partial charge in [-0.05, 0) is 57.3 Å². The third kappa shape index (κ3) is 4.19. The van der Waals surface area contributed by atoms with Gasteiger partial charge in [0, 0.05) is 21.2 Å². The zero-order chi connectivity index (χ0) is 19.6. The van der Waals surface area contributed by atoms with Crippen LogP contribution < -0.4 is 11.1 Å². The second kappa shape index (κ2) is 8.02. The lowest BCUT2D eigenvalue weighted by Gasteiger charge is -2.38. The number of amides is 1. The van der Waals surface area contributed by atoms with Crippen molar-refractivity contribution in [2.45, 2.75) is 88.7 Å². The third-order valence-corrected chi connectivity index (χ3v) is 7.31. The van der Waals surface area contributed by atoms with Gasteiger partial charge in [-0.15, -0.1) is 0 Å². The molecule has 4 aliphatic carbocycles. The number of nitrogens with two attached hydrogens (primary N) is 1. The Kier molecular flexibility index (Phi) is 5.64. The van der Waals surface area contributed by atoms with E-state index in [1.807, 2.05) is 0 Å². The van der Waals surface area contributed by atoms with Crippen LogP contribution in [0.25, 0.3) is 0 Å². The molecular weight excluding hydrogens is 352 g/mol. The summed E-state index contributed by atoms with van der Waals surface area (Å²) in [5.74, 6) is 0.258. The van der Waals surface area contributed by atoms with E-state index in [0.29, 0.717) is 12.3 Å². The van der Waals surface area contributed by atoms with Crippen molar-refractivity contribution in [2.24, 2.45) is 17.1 Å². The molecule has 2 atom stereocenters. The normalized spacial score (nSPS) is 31.1. The number of hydrogen-bond donors (Lipinski definition) is 2. The van der Waals surface area contributed by atoms with Gasteiger partial charge in [0.15, 0.2) is 0 Å². The summed E-state index contributed by atoms with van der Waals surface area (Å²) in [5.41, 5.74) is 6.12. The van der Waals surface area contributed by atoms with Crippen LogP contribution in [0.15, 0.2) is 23.8 Å². The number of carbonyl (C=O) groups is 2. The predicted octanol–water partition coefficient (Wildman–Crippen LogP) is 4.02. The molecule has 0 aromatic heterocycles. The number of allylic oxidation sites excluding steroid dienone is 3. The minimum absolute atomic E-state index is 0. The van der Waals surface area contributed by atoms with E-state index in [1.165, 1.54) is 24.8 Å². The van der Waals surface area contributed by atoms with Crippen molar-refractivity contribution < 1.29 is 17.2 Å². The van der Waals surface area contributed by atoms with Gasteiger partial charge in [0.2, 0.25) is 5.91 Å². The summed E-state index contributed by atoms with van der Waals surface area (Å²) in [6, 6.07) is 0. The molecule has 0 aromatic rings. The molecule has 3 N–H and O–H groups in total. The van der Waals surface area contributed by atoms with Crippen molar-refractivity contribution in [1.82, 2.24) is 5.32 Å². The van der Waals surface area contributed by atoms with E-state index in [1.54, 1.807) is 0 Å². The van der Waals surface area contributed by atoms with Crippen LogP contribution in [0.4, 0.5) is 0 Å². The summed E-state index contributed by atoms with van der Waals surface area (Å²) in [6.45, 7) is 0.827. The maximum atomic E-state index is 13.1. The van der Waals surface area contributed by atoms with E-state index in [4.69, 9.17) is 10.5 Å². The highest BCUT2D eigenvalue weighted by Gasteiger charge is 2.54. The number of primary amides is 1. The van der Waals surface area contributed by atoms with Gasteiger partial charge in [0.1, 0.15) is 11.6 Å². The maximum Gasteiger partial charge on any atom is 0.326 e. The Labute approximate surface area is 171 Å². The van der Waals surface area contributed by atoms with Crippen molar-refractivity contribution in [1.29, 1.82) is 0 Å². The molecule has 0 saturated heterocycles. The fourth-order valence-electron chi connectivity index (χ4n) is 5.26. The minimum atomic E-state index is -0.494. The number of rotatable bonds is 8. The molecule has 5 nitrogen and oxygen atoms in total. The Hall–Kier alpha value is -1.62. The zero-order valence-corrected chi connectivity index (χ0v) is 16.9. The van der Waals surface area contributed by atoms with Crippen LogP contribution in [-0.4, -0.2) is 30.1 Å². The first kappa shape index (κ1) is 19.7. The van der Waals surface area contributed by atoms with Gasteiger partial charge >= 0.3 is 5.97 Å². The lowest BCUT2D eigenvalue weighted by molar-refractivity contribution is -0.158. The van der Waals surface area contributed by atoms with Gasteiger partial charge in [-0.2, -0.15) is 0 Å². The standard InChI is InChI=1S/C23H34N2O3.2H2/c24-20(26)9-8-17-10-13-22(15-18(22)14-17)16-25-23(11-4-1-5-12-23)21(27)28-19-6-2-3-7-19;;/h10,13-14,18-19,25H,1-9,11-12,15-16H2,(H2,24,26);2*1H. The zero-order valence-electron chi connectivity index (χ0n) is 16.9. The fourth-order valence-corrected chi connectivity index (χ4v) is 5.26. The van der Waals surface area contributed by atoms with Crippen LogP contribution in [-0.2, 0) is 14.3 Å². The van der Waals surface area contributed by atoms with Crippen LogP contribution in [0.1, 0.15) is 79.9 Å². The van der Waals surface area contributed by atoms with Crippen LogP contribution >= 0.6 is 0 Å². The Balaban J connectivity index is 0.00000160. The summed E-state index contributed by atoms with van der Waals surface area (Å²) < 4.78 is 5.94. The smallest absolute Gasteiger partial charge is 0.326 e. The first-order valence-corrected chi connectivity index (χ1v) is 11.2. The summed E-state index contributed by atoms with van der Waals surface area (Å²) in [5, 5.41) is 3.70. The SMILES string of the molecule is NC(=O)CCC1=CC2CC2(CNC2(C(=O)OC3CCCC3)CCCCC2)C=C1.[HH].[HH]. The van der Waals surface area contributed by atoms with Crippen LogP contribution in [0.5, 0.6) is 0 Å². The topological polar surface area (TPSA) is 81.4 Å². The highest BCUT2D eigenvalue weighted by Crippen LogP contribution is 2.57. The van der Waals surface area contributed by atoms with Gasteiger partial charge in [-0.3, -0.25) is 9.59 Å². The quantitative estimate of drug-likeness (QED) is 0.613. The van der Waals surface area contributed by atoms with E-state index in [0.717, 1.165) is 57.9 Å². The molecule has 158 valence electrons. The number of fused-ring (bicyclic) bond motifs is 1. The second-order valence-corrected chi connectivity index (χ2v) is 9.39. The molecule has 4 rings (SSSR count). The first-order chi connectivity index (χ1) is 13.5. The van der Waals surface area contributed by atoms with Crippen LogP contribution in [0.3, 0.4) is 0 Å². The highest BCUT2D eigenvalue weighted by atomic mass is 16.5. The molecule has 0 spiro atoms. The summed E-state index contributed by atoms with van der Waals surface area (Å²) >= 11 is 0. The Morgan fingerprint density at radius 2 is 1.93 bits per heavy atom. The lowest BCUT2D eigenvalue weighted by atomic mass is 9.80. The predicted molar refractivity (Wildman–Crippen MR) is 113 cm³/mol. The molecule has 28 heavy (non-hydrogen) atoms. The van der Waals surface area contributed by atoms with E-state index < -0.39 is 5.54 Å². The van der Waals surface area contributed by atoms with E-state index in [-0.39, 0.29) is 26.2 Å². The third-order valence-electron chi connectivity index (χ3n) is 7.31. The van der Waals surface area contributed by atoms with Crippen molar-refractivity contribution >= 4 is 11.9 Å². The van der Waals surface area contributed by atoms with Crippen molar-refractivity contribution in [3.05, 3.63) is 23.8 Å². The molecule has 0 aromatic carbocycles. The lowest BCUT2D eigenvalue weighted by Crippen LogP contribution is -2.56. The van der Waals surface area contributed by atoms with Gasteiger partial charge in [0.05, 0.1) is 0 Å². The fraction of sp³-hybridized carbons (Fsp3) is 0.739. The van der Waals surface area contributed by atoms with Crippen LogP contribution in [0.2, 0.25) is 0 Å². The average molecular weight is 391 g/mol. The van der Waals surface area contributed by atoms with E-state index >= 15 is 0 Å². The largest absolute Gasteiger partial charge is 0.461 e. The van der Waals surface area contributed by atoms with Gasteiger partial charge in [0.25, 0.3) is 0 Å². The molecule has 3 fully saturated rings. The minimum Gasteiger partial charge on any atom is -0.461 e. The number of ether oxygens (including phenoxy) is 1. The Morgan fingerprint density at radius 3 is 2.61 bits per heavy atom. The monoisotopic (exact) mass is 390 g/mol. The molecule has 1 amide bonds. The molecule has 2 unspecified atom stereocenters. The van der Waals surface area contributed by atoms with Gasteiger partial charge in [-0.1, -0.05) is 43.1 Å². The second-order valence-electron chi connectivity index (χ2n) is 9.39. The Morgan fingerprint density at radius 1 is 1.18 bits per heavy atom. The summed E-state index contributed by atoms with van der Waals surface area (Å²) in [6.07, 6.45) is 18.7. The van der Waals surface area contributed by atoms with Gasteiger partial charge in [-0.25, -0.2) is 0 Å². The number of nitrogens with one attached hydrogen (secondary N) is 1. The van der Waals surface area contributed by atoms with Crippen molar-refractivity contribution in [3.8, 4) is 0 Å². The molecule has 3 saturated carbocycles. The van der Waals surface area contributed by atoms with Gasteiger partial charge < -0.3 is 15.8 Å². The van der Waals surface area contributed by atoms with Crippen molar-refractivity contribution in [3.63, 3.8) is 0 Å². The highest BCUT2D eigenvalue weighted by molar-refractivity contribution is 5.81. The summed E-state index contributed by atoms with van der Waals surface area (Å²) in [4.78, 5) is 24.1. The molecule has 0 bridgehead atoms. The first-order valence-electron chi connectivity index (χ1n) is 11.2. The summed E-state index contributed by atoms with van der Waals surface area (Å²) in [7, 11) is 0. The van der Waals surface area contributed by atoms with E-state index in [9.17, 15) is 9.59 Å². The molecule has 0 radical (unpaired) electrons. The molecular formula is C23H38N2O3. The number of carbonyl (C=O) groups excluding carboxylic acids is 2. The Bertz CT molecular complexity index is 682. The molecule has 5 heteroatoms. The molecule has 0 aliphatic heterocycles. The average Bonchev–Trinajstić information content (AvgIpc) is 3.19. The maximum absolute atomic E-state index is 13.1. The van der Waals surface area contributed by atoms with E-state index in [2.05, 4.69) is 23.5 Å².